The summed E-state index contributed by atoms with van der Waals surface area (Å²) < 4.78 is 2.88. The summed E-state index contributed by atoms with van der Waals surface area (Å²) >= 11 is 0. The van der Waals surface area contributed by atoms with Crippen molar-refractivity contribution >= 4 is 8.24 Å². The van der Waals surface area contributed by atoms with Crippen molar-refractivity contribution in [1.82, 2.24) is 9.47 Å². The minimum atomic E-state index is -1.40. The summed E-state index contributed by atoms with van der Waals surface area (Å²) in [5, 5.41) is 0. The lowest BCUT2D eigenvalue weighted by molar-refractivity contribution is 0.230. The van der Waals surface area contributed by atoms with Gasteiger partial charge in [0.15, 0.2) is 0 Å². The van der Waals surface area contributed by atoms with Crippen molar-refractivity contribution in [2.75, 3.05) is 26.2 Å². The highest BCUT2D eigenvalue weighted by Gasteiger charge is 2.48. The van der Waals surface area contributed by atoms with Crippen LogP contribution >= 0.6 is 0 Å². The van der Waals surface area contributed by atoms with Crippen LogP contribution in [0.4, 0.5) is 0 Å². The zero-order valence-corrected chi connectivity index (χ0v) is 14.2. The van der Waals surface area contributed by atoms with E-state index in [9.17, 15) is 0 Å². The molecular weight excluding hydrogens is 236 g/mol. The van der Waals surface area contributed by atoms with E-state index in [0.29, 0.717) is 0 Å². The molecule has 18 heavy (non-hydrogen) atoms. The lowest BCUT2D eigenvalue weighted by Gasteiger charge is -2.53. The Morgan fingerprint density at radius 3 is 1.50 bits per heavy atom. The molecule has 0 unspecified atom stereocenters. The Morgan fingerprint density at radius 1 is 0.833 bits per heavy atom. The standard InChI is InChI=1S/C15H32N2Si/c1-8-16-9-11-17(12-10-16)18(13(2)3,14(4)5)15(6)7/h8,13-15H,1,9-12H2,2-7H3. The van der Waals surface area contributed by atoms with Crippen molar-refractivity contribution in [1.29, 1.82) is 0 Å². The Kier molecular flexibility index (Phi) is 5.47. The van der Waals surface area contributed by atoms with Crippen molar-refractivity contribution < 1.29 is 0 Å². The van der Waals surface area contributed by atoms with Crippen molar-refractivity contribution in [3.05, 3.63) is 12.8 Å². The number of rotatable bonds is 5. The van der Waals surface area contributed by atoms with Gasteiger partial charge >= 0.3 is 0 Å². The molecule has 1 heterocycles. The molecule has 0 atom stereocenters. The molecule has 0 N–H and O–H groups in total. The normalized spacial score (nSPS) is 19.1. The number of hydrogen-bond donors (Lipinski definition) is 0. The van der Waals surface area contributed by atoms with Crippen LogP contribution in [0, 0.1) is 0 Å². The van der Waals surface area contributed by atoms with Gasteiger partial charge in [-0.05, 0) is 22.8 Å². The molecule has 2 nitrogen and oxygen atoms in total. The third-order valence-electron chi connectivity index (χ3n) is 4.89. The maximum Gasteiger partial charge on any atom is 0.136 e. The van der Waals surface area contributed by atoms with E-state index in [0.717, 1.165) is 29.7 Å². The second kappa shape index (κ2) is 6.24. The highest BCUT2D eigenvalue weighted by Crippen LogP contribution is 2.44. The molecule has 0 spiro atoms. The molecule has 1 aliphatic rings. The van der Waals surface area contributed by atoms with Gasteiger partial charge in [0.25, 0.3) is 0 Å². The van der Waals surface area contributed by atoms with E-state index < -0.39 is 8.24 Å². The average Bonchev–Trinajstić information content (AvgIpc) is 2.29. The molecule has 0 bridgehead atoms. The third-order valence-corrected chi connectivity index (χ3v) is 12.0. The molecule has 1 fully saturated rings. The predicted octanol–water partition coefficient (Wildman–Crippen LogP) is 3.92. The van der Waals surface area contributed by atoms with Gasteiger partial charge in [0.1, 0.15) is 8.24 Å². The third kappa shape index (κ3) is 2.67. The summed E-state index contributed by atoms with van der Waals surface area (Å²) in [6, 6.07) is 0. The smallest absolute Gasteiger partial charge is 0.136 e. The molecule has 1 saturated heterocycles. The van der Waals surface area contributed by atoms with Crippen LogP contribution in [0.5, 0.6) is 0 Å². The van der Waals surface area contributed by atoms with Crippen molar-refractivity contribution in [3.8, 4) is 0 Å². The molecular formula is C15H32N2Si. The first-order valence-corrected chi connectivity index (χ1v) is 9.66. The maximum absolute atomic E-state index is 3.90. The fraction of sp³-hybridized carbons (Fsp3) is 0.867. The van der Waals surface area contributed by atoms with Crippen LogP contribution in [-0.2, 0) is 0 Å². The second-order valence-corrected chi connectivity index (χ2v) is 12.4. The highest BCUT2D eigenvalue weighted by atomic mass is 28.3. The van der Waals surface area contributed by atoms with Gasteiger partial charge in [0, 0.05) is 26.2 Å². The molecule has 3 heteroatoms. The van der Waals surface area contributed by atoms with Gasteiger partial charge in [-0.25, -0.2) is 0 Å². The molecule has 0 aliphatic carbocycles. The molecule has 106 valence electrons. The van der Waals surface area contributed by atoms with Crippen LogP contribution in [0.3, 0.4) is 0 Å². The summed E-state index contributed by atoms with van der Waals surface area (Å²) in [6.45, 7) is 23.4. The Balaban J connectivity index is 2.94. The van der Waals surface area contributed by atoms with Crippen LogP contribution in [0.1, 0.15) is 41.5 Å². The van der Waals surface area contributed by atoms with Gasteiger partial charge in [-0.3, -0.25) is 0 Å². The van der Waals surface area contributed by atoms with Crippen LogP contribution in [-0.4, -0.2) is 43.9 Å². The van der Waals surface area contributed by atoms with E-state index in [1.165, 1.54) is 13.1 Å². The van der Waals surface area contributed by atoms with E-state index in [1.54, 1.807) is 0 Å². The van der Waals surface area contributed by atoms with E-state index in [-0.39, 0.29) is 0 Å². The monoisotopic (exact) mass is 268 g/mol. The van der Waals surface area contributed by atoms with Crippen molar-refractivity contribution in [3.63, 3.8) is 0 Å². The molecule has 0 aromatic heterocycles. The highest BCUT2D eigenvalue weighted by molar-refractivity contribution is 6.81. The van der Waals surface area contributed by atoms with E-state index >= 15 is 0 Å². The van der Waals surface area contributed by atoms with Gasteiger partial charge < -0.3 is 9.47 Å². The Labute approximate surface area is 115 Å². The SMILES string of the molecule is C=CN1CCN([Si](C(C)C)(C(C)C)C(C)C)CC1. The molecule has 0 aromatic carbocycles. The second-order valence-electron chi connectivity index (χ2n) is 6.56. The maximum atomic E-state index is 3.90. The van der Waals surface area contributed by atoms with E-state index in [4.69, 9.17) is 0 Å². The summed E-state index contributed by atoms with van der Waals surface area (Å²) in [6.07, 6.45) is 2.00. The quantitative estimate of drug-likeness (QED) is 0.697. The van der Waals surface area contributed by atoms with Gasteiger partial charge in [-0.2, -0.15) is 0 Å². The summed E-state index contributed by atoms with van der Waals surface area (Å²) in [7, 11) is -1.40. The topological polar surface area (TPSA) is 6.48 Å². The lowest BCUT2D eigenvalue weighted by atomic mass is 10.4. The van der Waals surface area contributed by atoms with Crippen LogP contribution in [0.25, 0.3) is 0 Å². The Bertz CT molecular complexity index is 244. The van der Waals surface area contributed by atoms with Gasteiger partial charge in [-0.15, -0.1) is 0 Å². The van der Waals surface area contributed by atoms with Crippen molar-refractivity contribution in [2.24, 2.45) is 0 Å². The van der Waals surface area contributed by atoms with Gasteiger partial charge in [0.05, 0.1) is 0 Å². The molecule has 1 rings (SSSR count). The van der Waals surface area contributed by atoms with Gasteiger partial charge in [0.2, 0.25) is 0 Å². The fourth-order valence-electron chi connectivity index (χ4n) is 4.39. The lowest BCUT2D eigenvalue weighted by Crippen LogP contribution is -2.64. The first-order chi connectivity index (χ1) is 8.37. The minimum Gasteiger partial charge on any atom is -0.375 e. The minimum absolute atomic E-state index is 0.827. The van der Waals surface area contributed by atoms with E-state index in [1.807, 2.05) is 6.20 Å². The first kappa shape index (κ1) is 15.8. The van der Waals surface area contributed by atoms with Crippen molar-refractivity contribution in [2.45, 2.75) is 58.2 Å². The summed E-state index contributed by atoms with van der Waals surface area (Å²) in [5.41, 5.74) is 2.48. The van der Waals surface area contributed by atoms with E-state index in [2.05, 4.69) is 57.6 Å². The molecule has 0 saturated carbocycles. The molecule has 1 aliphatic heterocycles. The fourth-order valence-corrected chi connectivity index (χ4v) is 11.6. The zero-order valence-electron chi connectivity index (χ0n) is 13.2. The Hall–Kier alpha value is -0.283. The summed E-state index contributed by atoms with van der Waals surface area (Å²) in [4.78, 5) is 2.36. The van der Waals surface area contributed by atoms with Crippen LogP contribution < -0.4 is 0 Å². The first-order valence-electron chi connectivity index (χ1n) is 7.49. The van der Waals surface area contributed by atoms with Crippen LogP contribution in [0.2, 0.25) is 16.6 Å². The predicted molar refractivity (Wildman–Crippen MR) is 84.4 cm³/mol. The summed E-state index contributed by atoms with van der Waals surface area (Å²) in [5.74, 6) is 0. The van der Waals surface area contributed by atoms with Gasteiger partial charge in [-0.1, -0.05) is 48.1 Å². The van der Waals surface area contributed by atoms with Crippen LogP contribution in [0.15, 0.2) is 12.8 Å². The molecule has 0 aromatic rings. The number of piperazine rings is 1. The average molecular weight is 269 g/mol. The number of nitrogens with zero attached hydrogens (tertiary/aromatic N) is 2. The molecule has 0 radical (unpaired) electrons. The number of hydrogen-bond acceptors (Lipinski definition) is 2. The Morgan fingerprint density at radius 2 is 1.22 bits per heavy atom. The zero-order chi connectivity index (χ0) is 13.9. The largest absolute Gasteiger partial charge is 0.375 e. The molecule has 0 amide bonds.